The third kappa shape index (κ3) is 19.6. The molecule has 47 nitrogen and oxygen atoms in total. The van der Waals surface area contributed by atoms with E-state index in [2.05, 4.69) is 10.6 Å². The van der Waals surface area contributed by atoms with Crippen molar-refractivity contribution in [2.75, 3.05) is 39.6 Å². The fourth-order valence-corrected chi connectivity index (χ4v) is 13.7. The predicted molar refractivity (Wildman–Crippen MR) is 334 cm³/mol. The lowest BCUT2D eigenvalue weighted by atomic mass is 9.89. The maximum Gasteiger partial charge on any atom is 0.364 e. The van der Waals surface area contributed by atoms with Gasteiger partial charge in [0, 0.05) is 20.3 Å². The number of hydrogen-bond donors (Lipinski definition) is 28. The van der Waals surface area contributed by atoms with Crippen molar-refractivity contribution < 1.29 is 223 Å². The smallest absolute Gasteiger partial charge is 0.364 e. The second kappa shape index (κ2) is 38.5. The van der Waals surface area contributed by atoms with Gasteiger partial charge in [0.1, 0.15) is 189 Å². The van der Waals surface area contributed by atoms with Gasteiger partial charge in [0.25, 0.3) is 5.79 Å². The number of hydrogen-bond acceptors (Lipinski definition) is 44. The van der Waals surface area contributed by atoms with E-state index in [9.17, 15) is 147 Å². The first kappa shape index (κ1) is 90.3. The SMILES string of the molecule is CC(=O)N[C@H]1[C@H](OC[C@@H](O)[C@H](O)[C@H](O[C@@H]2O[C@H](CO)[C@H](O)[C@H](O[C@]3(C(=O)O)C[C@H](O[C@@H]4O[C@@H](C)[C@@H](O)[C@@H](O)[C@@H]4O)[C@@H](O[C@@H]4O[C@@H](C)[C@@H](O)[C@@H](O)[C@@H]4O)[C@H]([C@H](O)[C@H](O)CO)O3)[C@H]2O)[C@H](CO)NC(C)=O)O[C@H](CO)[C@@H](O[C@@H]2O[C@H](CO)[C@H](O)[C@H](O)[C@H]2O[C@@H]2O[C@@H](C)[C@@H](O)[C@@H](O)[C@@H]2O)[C@@H]1O[C@@H]1O[C@@H](C)[C@@H](O)[C@@H](O)[C@@H]1O. The standard InChI is InChI=1S/C61H104N2O45/c1-14-28(73)36(81)41(86)54(94-14)98-23-7-61(60(91)92,108-51(32(77)21(71)9-65)47(23)103-55-42(87)37(82)29(74)15(2)95-55)107-50-35(80)25(11-67)99-58(45(50)90)102-46(20(8-64)62-18(5)69)33(78)22(72)13-93-53-27(63-19(6)70)49(105-56-43(88)38(83)30(75)16(3)96-56)48(26(12-68)101-53)104-59-52(40(85)34(79)24(10-66)100-59)106-57-44(89)39(84)31(76)17(4)97-57/h14-17,20-59,64-68,71-90H,7-13H2,1-6H3,(H,62,69)(H,63,70)(H,91,92)/t14-,15-,16-,17-,20-,21+,22+,23-,24+,25+,26+,27+,28+,29+,30+,31+,32+,33-,34-,35-,36+,37+,38+,39+,40-,41-,42-,43-,44-,45+,46+,47+,48+,49+,50-,51-,52+,53+,54-,55-,56-,57-,58-,59-,61+/m0/s1. The second-order valence-corrected chi connectivity index (χ2v) is 27.8. The molecule has 8 rings (SSSR count). The van der Waals surface area contributed by atoms with Gasteiger partial charge in [-0.3, -0.25) is 9.59 Å². The quantitative estimate of drug-likeness (QED) is 0.0318. The molecular weight excluding hydrogens is 1480 g/mol. The molecule has 0 aliphatic carbocycles. The average molecular weight is 1590 g/mol. The zero-order chi connectivity index (χ0) is 80.3. The number of nitrogens with one attached hydrogen (secondary N) is 2. The van der Waals surface area contributed by atoms with Gasteiger partial charge in [0.05, 0.1) is 76.2 Å². The minimum Gasteiger partial charge on any atom is -0.477 e. The van der Waals surface area contributed by atoms with Gasteiger partial charge < -0.3 is 219 Å². The molecule has 2 amide bonds. The Morgan fingerprint density at radius 2 is 0.870 bits per heavy atom. The minimum absolute atomic E-state index is 0.894. The number of carbonyl (C=O) groups excluding carboxylic acids is 2. The largest absolute Gasteiger partial charge is 0.477 e. The van der Waals surface area contributed by atoms with Gasteiger partial charge in [-0.25, -0.2) is 4.79 Å². The van der Waals surface area contributed by atoms with Crippen LogP contribution >= 0.6 is 0 Å². The number of amides is 2. The van der Waals surface area contributed by atoms with E-state index in [0.29, 0.717) is 0 Å². The molecule has 45 atom stereocenters. The number of carboxylic acid groups (broad SMARTS) is 1. The molecule has 28 N–H and O–H groups in total. The third-order valence-electron chi connectivity index (χ3n) is 20.0. The van der Waals surface area contributed by atoms with Gasteiger partial charge in [-0.15, -0.1) is 0 Å². The van der Waals surface area contributed by atoms with E-state index in [1.807, 2.05) is 0 Å². The van der Waals surface area contributed by atoms with Crippen LogP contribution in [0.3, 0.4) is 0 Å². The highest BCUT2D eigenvalue weighted by atomic mass is 16.8. The van der Waals surface area contributed by atoms with E-state index in [0.717, 1.165) is 13.8 Å². The van der Waals surface area contributed by atoms with Gasteiger partial charge in [0.2, 0.25) is 11.8 Å². The summed E-state index contributed by atoms with van der Waals surface area (Å²) in [4.78, 5) is 40.1. The van der Waals surface area contributed by atoms with Gasteiger partial charge in [-0.05, 0) is 27.7 Å². The van der Waals surface area contributed by atoms with E-state index in [1.165, 1.54) is 27.7 Å². The first-order valence-electron chi connectivity index (χ1n) is 34.6. The van der Waals surface area contributed by atoms with Crippen molar-refractivity contribution in [1.82, 2.24) is 10.6 Å². The number of carbonyl (C=O) groups is 3. The maximum atomic E-state index is 14.0. The Kier molecular flexibility index (Phi) is 32.2. The van der Waals surface area contributed by atoms with Crippen LogP contribution in [0.2, 0.25) is 0 Å². The first-order valence-corrected chi connectivity index (χ1v) is 34.6. The fourth-order valence-electron chi connectivity index (χ4n) is 13.7. The van der Waals surface area contributed by atoms with Crippen LogP contribution in [0.1, 0.15) is 48.0 Å². The maximum absolute atomic E-state index is 14.0. The topological polar surface area (TPSA) is 749 Å². The molecule has 0 bridgehead atoms. The van der Waals surface area contributed by atoms with Crippen molar-refractivity contribution in [2.45, 2.75) is 324 Å². The van der Waals surface area contributed by atoms with Crippen molar-refractivity contribution in [3.63, 3.8) is 0 Å². The average Bonchev–Trinajstić information content (AvgIpc) is 0.746. The van der Waals surface area contributed by atoms with Crippen molar-refractivity contribution >= 4 is 17.8 Å². The summed E-state index contributed by atoms with van der Waals surface area (Å²) in [6.45, 7) is -0.715. The van der Waals surface area contributed by atoms with Gasteiger partial charge >= 0.3 is 5.97 Å². The lowest BCUT2D eigenvalue weighted by Crippen LogP contribution is -2.70. The highest BCUT2D eigenvalue weighted by Gasteiger charge is 2.64. The van der Waals surface area contributed by atoms with Crippen molar-refractivity contribution in [2.24, 2.45) is 0 Å². The summed E-state index contributed by atoms with van der Waals surface area (Å²) in [6.07, 6.45) is -88.9. The van der Waals surface area contributed by atoms with Crippen LogP contribution in [0.15, 0.2) is 0 Å². The molecular formula is C61H104N2O45. The molecule has 0 radical (unpaired) electrons. The number of ether oxygens (including phenoxy) is 16. The molecule has 628 valence electrons. The lowest BCUT2D eigenvalue weighted by Gasteiger charge is -2.52. The molecule has 0 aromatic rings. The van der Waals surface area contributed by atoms with Crippen LogP contribution in [0.4, 0.5) is 0 Å². The second-order valence-electron chi connectivity index (χ2n) is 27.8. The highest BCUT2D eigenvalue weighted by molar-refractivity contribution is 5.76. The van der Waals surface area contributed by atoms with Crippen LogP contribution < -0.4 is 10.6 Å². The predicted octanol–water partition coefficient (Wildman–Crippen LogP) is -17.4. The van der Waals surface area contributed by atoms with Gasteiger partial charge in [-0.1, -0.05) is 0 Å². The van der Waals surface area contributed by atoms with E-state index in [1.54, 1.807) is 0 Å². The summed E-state index contributed by atoms with van der Waals surface area (Å²) in [5, 5.41) is 292. The summed E-state index contributed by atoms with van der Waals surface area (Å²) < 4.78 is 94.4. The molecule has 8 fully saturated rings. The summed E-state index contributed by atoms with van der Waals surface area (Å²) in [6, 6.07) is -3.91. The molecule has 8 heterocycles. The molecule has 8 aliphatic heterocycles. The summed E-state index contributed by atoms with van der Waals surface area (Å²) in [7, 11) is 0. The van der Waals surface area contributed by atoms with Crippen LogP contribution in [-0.2, 0) is 90.2 Å². The molecule has 8 saturated heterocycles. The Hall–Kier alpha value is -3.23. The molecule has 0 spiro atoms. The van der Waals surface area contributed by atoms with Crippen LogP contribution in [0.5, 0.6) is 0 Å². The van der Waals surface area contributed by atoms with E-state index in [-0.39, 0.29) is 0 Å². The van der Waals surface area contributed by atoms with Crippen LogP contribution in [0, 0.1) is 0 Å². The summed E-state index contributed by atoms with van der Waals surface area (Å²) in [5.41, 5.74) is 0. The van der Waals surface area contributed by atoms with E-state index in [4.69, 9.17) is 75.8 Å². The number of aliphatic hydroxyl groups excluding tert-OH is 25. The Morgan fingerprint density at radius 3 is 1.31 bits per heavy atom. The molecule has 47 heteroatoms. The Balaban J connectivity index is 1.11. The molecule has 0 aromatic heterocycles. The zero-order valence-corrected chi connectivity index (χ0v) is 58.7. The highest BCUT2D eigenvalue weighted by Crippen LogP contribution is 2.43. The van der Waals surface area contributed by atoms with Gasteiger partial charge in [-0.2, -0.15) is 0 Å². The summed E-state index contributed by atoms with van der Waals surface area (Å²) >= 11 is 0. The van der Waals surface area contributed by atoms with E-state index < -0.39 is 339 Å². The zero-order valence-electron chi connectivity index (χ0n) is 58.7. The molecule has 0 saturated carbocycles. The lowest BCUT2D eigenvalue weighted by molar-refractivity contribution is -0.406. The fraction of sp³-hybridized carbons (Fsp3) is 0.951. The Morgan fingerprint density at radius 1 is 0.435 bits per heavy atom. The third-order valence-corrected chi connectivity index (χ3v) is 20.0. The van der Waals surface area contributed by atoms with Crippen LogP contribution in [-0.4, -0.2) is 466 Å². The normalized spacial score (nSPS) is 47.9. The molecule has 0 unspecified atom stereocenters. The number of aliphatic carboxylic acids is 1. The number of aliphatic hydroxyl groups is 25. The van der Waals surface area contributed by atoms with Crippen molar-refractivity contribution in [1.29, 1.82) is 0 Å². The molecule has 108 heavy (non-hydrogen) atoms. The number of rotatable bonds is 30. The Bertz CT molecular complexity index is 2820. The van der Waals surface area contributed by atoms with Crippen LogP contribution in [0.25, 0.3) is 0 Å². The molecule has 0 aromatic carbocycles. The van der Waals surface area contributed by atoms with E-state index >= 15 is 0 Å². The van der Waals surface area contributed by atoms with Crippen molar-refractivity contribution in [3.05, 3.63) is 0 Å². The monoisotopic (exact) mass is 1580 g/mol. The summed E-state index contributed by atoms with van der Waals surface area (Å²) in [5.74, 6) is -7.83. The van der Waals surface area contributed by atoms with Crippen molar-refractivity contribution in [3.8, 4) is 0 Å². The minimum atomic E-state index is -3.57. The Labute approximate surface area is 613 Å². The van der Waals surface area contributed by atoms with Gasteiger partial charge in [0.15, 0.2) is 44.0 Å². The number of carboxylic acids is 1. The first-order chi connectivity index (χ1) is 50.7. The molecule has 8 aliphatic rings.